The summed E-state index contributed by atoms with van der Waals surface area (Å²) in [6.07, 6.45) is 3.53. The lowest BCUT2D eigenvalue weighted by molar-refractivity contribution is -0.0872. The van der Waals surface area contributed by atoms with Crippen molar-refractivity contribution in [3.63, 3.8) is 0 Å². The lowest BCUT2D eigenvalue weighted by Gasteiger charge is -2.37. The van der Waals surface area contributed by atoms with Crippen molar-refractivity contribution < 1.29 is 9.47 Å². The second-order valence-corrected chi connectivity index (χ2v) is 4.73. The zero-order chi connectivity index (χ0) is 10.8. The summed E-state index contributed by atoms with van der Waals surface area (Å²) in [6.45, 7) is 6.74. The first-order valence-electron chi connectivity index (χ1n) is 5.28. The molecule has 0 amide bonds. The molecule has 0 spiro atoms. The first-order chi connectivity index (χ1) is 6.53. The largest absolute Gasteiger partial charge is 0.352 e. The molecule has 82 valence electrons. The van der Waals surface area contributed by atoms with Crippen molar-refractivity contribution in [3.05, 3.63) is 11.1 Å². The molecule has 0 saturated carbocycles. The number of rotatable bonds is 3. The van der Waals surface area contributed by atoms with Crippen LogP contribution in [0.3, 0.4) is 0 Å². The second-order valence-electron chi connectivity index (χ2n) is 4.73. The molecule has 0 heterocycles. The SMILES string of the molecule is COC(OC)C1=C(C)CCCC1(C)C. The summed E-state index contributed by atoms with van der Waals surface area (Å²) < 4.78 is 10.7. The standard InChI is InChI=1S/C12H22O2/c1-9-7-6-8-12(2,3)10(9)11(13-4)14-5/h11H,6-8H2,1-5H3. The summed E-state index contributed by atoms with van der Waals surface area (Å²) in [6, 6.07) is 0. The van der Waals surface area contributed by atoms with E-state index in [9.17, 15) is 0 Å². The number of methoxy groups -OCH3 is 2. The molecule has 0 aromatic heterocycles. The fourth-order valence-electron chi connectivity index (χ4n) is 2.49. The van der Waals surface area contributed by atoms with Crippen molar-refractivity contribution in [1.82, 2.24) is 0 Å². The minimum atomic E-state index is -0.162. The third-order valence-corrected chi connectivity index (χ3v) is 3.21. The Kier molecular flexibility index (Phi) is 3.73. The zero-order valence-electron chi connectivity index (χ0n) is 10.0. The van der Waals surface area contributed by atoms with Gasteiger partial charge in [-0.15, -0.1) is 0 Å². The highest BCUT2D eigenvalue weighted by Gasteiger charge is 2.33. The predicted molar refractivity (Wildman–Crippen MR) is 58.1 cm³/mol. The Morgan fingerprint density at radius 3 is 2.21 bits per heavy atom. The van der Waals surface area contributed by atoms with E-state index in [2.05, 4.69) is 20.8 Å². The highest BCUT2D eigenvalue weighted by atomic mass is 16.7. The van der Waals surface area contributed by atoms with Gasteiger partial charge in [0.05, 0.1) is 0 Å². The maximum absolute atomic E-state index is 5.36. The minimum absolute atomic E-state index is 0.162. The summed E-state index contributed by atoms with van der Waals surface area (Å²) >= 11 is 0. The molecule has 0 N–H and O–H groups in total. The van der Waals surface area contributed by atoms with E-state index in [0.717, 1.165) is 0 Å². The number of ether oxygens (including phenoxy) is 2. The van der Waals surface area contributed by atoms with Crippen molar-refractivity contribution in [2.24, 2.45) is 5.41 Å². The Balaban J connectivity index is 3.00. The van der Waals surface area contributed by atoms with E-state index < -0.39 is 0 Å². The van der Waals surface area contributed by atoms with Crippen LogP contribution in [0.5, 0.6) is 0 Å². The quantitative estimate of drug-likeness (QED) is 0.512. The van der Waals surface area contributed by atoms with E-state index in [1.54, 1.807) is 14.2 Å². The van der Waals surface area contributed by atoms with Crippen molar-refractivity contribution in [2.75, 3.05) is 14.2 Å². The maximum Gasteiger partial charge on any atom is 0.179 e. The van der Waals surface area contributed by atoms with E-state index >= 15 is 0 Å². The van der Waals surface area contributed by atoms with E-state index in [4.69, 9.17) is 9.47 Å². The molecule has 1 aliphatic carbocycles. The molecule has 2 heteroatoms. The molecule has 0 aromatic carbocycles. The van der Waals surface area contributed by atoms with Gasteiger partial charge >= 0.3 is 0 Å². The number of allylic oxidation sites excluding steroid dienone is 1. The molecule has 1 rings (SSSR count). The topological polar surface area (TPSA) is 18.5 Å². The molecule has 0 aromatic rings. The average molecular weight is 198 g/mol. The fraction of sp³-hybridized carbons (Fsp3) is 0.833. The molecule has 0 radical (unpaired) electrons. The van der Waals surface area contributed by atoms with Gasteiger partial charge < -0.3 is 9.47 Å². The number of hydrogen-bond acceptors (Lipinski definition) is 2. The van der Waals surface area contributed by atoms with Crippen LogP contribution in [0.25, 0.3) is 0 Å². The van der Waals surface area contributed by atoms with Crippen molar-refractivity contribution in [3.8, 4) is 0 Å². The lowest BCUT2D eigenvalue weighted by atomic mass is 9.72. The van der Waals surface area contributed by atoms with Gasteiger partial charge in [-0.3, -0.25) is 0 Å². The van der Waals surface area contributed by atoms with Gasteiger partial charge in [0, 0.05) is 14.2 Å². The molecule has 0 bridgehead atoms. The van der Waals surface area contributed by atoms with Crippen LogP contribution in [-0.2, 0) is 9.47 Å². The molecule has 0 aliphatic heterocycles. The van der Waals surface area contributed by atoms with Crippen molar-refractivity contribution >= 4 is 0 Å². The highest BCUT2D eigenvalue weighted by molar-refractivity contribution is 5.24. The molecule has 0 unspecified atom stereocenters. The minimum Gasteiger partial charge on any atom is -0.352 e. The van der Waals surface area contributed by atoms with Crippen molar-refractivity contribution in [2.45, 2.75) is 46.3 Å². The summed E-state index contributed by atoms with van der Waals surface area (Å²) in [5, 5.41) is 0. The Morgan fingerprint density at radius 2 is 1.79 bits per heavy atom. The predicted octanol–water partition coefficient (Wildman–Crippen LogP) is 3.13. The van der Waals surface area contributed by atoms with Gasteiger partial charge in [0.2, 0.25) is 0 Å². The van der Waals surface area contributed by atoms with Crippen LogP contribution >= 0.6 is 0 Å². The smallest absolute Gasteiger partial charge is 0.179 e. The number of hydrogen-bond donors (Lipinski definition) is 0. The first-order valence-corrected chi connectivity index (χ1v) is 5.28. The monoisotopic (exact) mass is 198 g/mol. The van der Waals surface area contributed by atoms with Gasteiger partial charge in [-0.2, -0.15) is 0 Å². The highest BCUT2D eigenvalue weighted by Crippen LogP contribution is 2.42. The van der Waals surface area contributed by atoms with Crippen LogP contribution in [0.4, 0.5) is 0 Å². The molecular formula is C12H22O2. The third kappa shape index (κ3) is 2.18. The van der Waals surface area contributed by atoms with Gasteiger partial charge in [-0.05, 0) is 37.2 Å². The molecule has 1 aliphatic rings. The van der Waals surface area contributed by atoms with E-state index in [-0.39, 0.29) is 11.7 Å². The molecule has 0 saturated heterocycles. The Hall–Kier alpha value is -0.340. The molecular weight excluding hydrogens is 176 g/mol. The summed E-state index contributed by atoms with van der Waals surface area (Å²) in [5.74, 6) is 0. The van der Waals surface area contributed by atoms with Gasteiger partial charge in [-0.25, -0.2) is 0 Å². The van der Waals surface area contributed by atoms with Gasteiger partial charge in [0.15, 0.2) is 6.29 Å². The van der Waals surface area contributed by atoms with Crippen LogP contribution in [0.2, 0.25) is 0 Å². The molecule has 0 atom stereocenters. The Bertz CT molecular complexity index is 224. The van der Waals surface area contributed by atoms with E-state index in [1.807, 2.05) is 0 Å². The third-order valence-electron chi connectivity index (χ3n) is 3.21. The second kappa shape index (κ2) is 4.45. The van der Waals surface area contributed by atoms with E-state index in [1.165, 1.54) is 30.4 Å². The van der Waals surface area contributed by atoms with Crippen LogP contribution < -0.4 is 0 Å². The van der Waals surface area contributed by atoms with Gasteiger partial charge in [0.25, 0.3) is 0 Å². The van der Waals surface area contributed by atoms with Crippen LogP contribution in [-0.4, -0.2) is 20.5 Å². The molecule has 14 heavy (non-hydrogen) atoms. The zero-order valence-corrected chi connectivity index (χ0v) is 10.0. The van der Waals surface area contributed by atoms with Gasteiger partial charge in [0.1, 0.15) is 0 Å². The van der Waals surface area contributed by atoms with Crippen LogP contribution in [0, 0.1) is 5.41 Å². The maximum atomic E-state index is 5.36. The first kappa shape index (κ1) is 11.7. The van der Waals surface area contributed by atoms with Crippen LogP contribution in [0.15, 0.2) is 11.1 Å². The van der Waals surface area contributed by atoms with E-state index in [0.29, 0.717) is 0 Å². The summed E-state index contributed by atoms with van der Waals surface area (Å²) in [4.78, 5) is 0. The fourth-order valence-corrected chi connectivity index (χ4v) is 2.49. The van der Waals surface area contributed by atoms with Gasteiger partial charge in [-0.1, -0.05) is 19.4 Å². The normalized spacial score (nSPS) is 21.9. The Labute approximate surface area is 87.3 Å². The Morgan fingerprint density at radius 1 is 1.21 bits per heavy atom. The van der Waals surface area contributed by atoms with Crippen LogP contribution in [0.1, 0.15) is 40.0 Å². The molecule has 2 nitrogen and oxygen atoms in total. The molecule has 0 fully saturated rings. The summed E-state index contributed by atoms with van der Waals surface area (Å²) in [7, 11) is 3.41. The lowest BCUT2D eigenvalue weighted by Crippen LogP contribution is -2.31. The average Bonchev–Trinajstić information content (AvgIpc) is 2.11. The van der Waals surface area contributed by atoms with Crippen molar-refractivity contribution in [1.29, 1.82) is 0 Å². The summed E-state index contributed by atoms with van der Waals surface area (Å²) in [5.41, 5.74) is 3.00.